The molecule has 0 aromatic carbocycles. The van der Waals surface area contributed by atoms with Crippen LogP contribution < -0.4 is 16.0 Å². The Bertz CT molecular complexity index is 819. The smallest absolute Gasteiger partial charge is 0.415 e. The molecule has 0 atom stereocenters. The molecule has 2 amide bonds. The Kier molecular flexibility index (Phi) is 4.69. The molecule has 1 aliphatic carbocycles. The fourth-order valence-electron chi connectivity index (χ4n) is 2.54. The fraction of sp³-hybridized carbons (Fsp3) is 0.412. The number of cyclic esters (lactones) is 1. The Morgan fingerprint density at radius 1 is 1.36 bits per heavy atom. The average Bonchev–Trinajstić information content (AvgIpc) is 3.38. The van der Waals surface area contributed by atoms with E-state index < -0.39 is 6.09 Å². The van der Waals surface area contributed by atoms with E-state index in [0.717, 1.165) is 18.2 Å². The van der Waals surface area contributed by atoms with E-state index in [1.807, 2.05) is 13.8 Å². The molecule has 3 N–H and O–H groups in total. The highest BCUT2D eigenvalue weighted by Gasteiger charge is 2.30. The number of hydrogen-bond acceptors (Lipinski definition) is 6. The summed E-state index contributed by atoms with van der Waals surface area (Å²) in [5, 5.41) is 4.23. The van der Waals surface area contributed by atoms with Gasteiger partial charge in [-0.15, -0.1) is 0 Å². The van der Waals surface area contributed by atoms with Crippen LogP contribution in [0.25, 0.3) is 10.8 Å². The first kappa shape index (κ1) is 16.9. The molecule has 4 rings (SSSR count). The Morgan fingerprint density at radius 2 is 2.12 bits per heavy atom. The maximum atomic E-state index is 11.8. The van der Waals surface area contributed by atoms with Crippen molar-refractivity contribution in [1.82, 2.24) is 9.97 Å². The minimum absolute atomic E-state index is 0.0118. The number of ether oxygens (including phenoxy) is 1. The summed E-state index contributed by atoms with van der Waals surface area (Å²) >= 11 is 0. The summed E-state index contributed by atoms with van der Waals surface area (Å²) in [5.41, 5.74) is 5.96. The van der Waals surface area contributed by atoms with Crippen LogP contribution in [0.3, 0.4) is 0 Å². The second-order valence-electron chi connectivity index (χ2n) is 5.69. The van der Waals surface area contributed by atoms with Gasteiger partial charge < -0.3 is 15.8 Å². The second kappa shape index (κ2) is 6.92. The monoisotopic (exact) mass is 343 g/mol. The summed E-state index contributed by atoms with van der Waals surface area (Å²) in [6.07, 6.45) is 2.99. The summed E-state index contributed by atoms with van der Waals surface area (Å²) in [6, 6.07) is 3.48. The van der Waals surface area contributed by atoms with E-state index in [4.69, 9.17) is 10.5 Å². The molecule has 2 aliphatic rings. The zero-order valence-corrected chi connectivity index (χ0v) is 14.3. The Hall–Kier alpha value is -2.90. The Balaban J connectivity index is 0.000000880. The number of rotatable bonds is 3. The molecule has 1 saturated carbocycles. The van der Waals surface area contributed by atoms with Gasteiger partial charge in [0.1, 0.15) is 24.1 Å². The highest BCUT2D eigenvalue weighted by molar-refractivity contribution is 5.99. The molecule has 8 nitrogen and oxygen atoms in total. The van der Waals surface area contributed by atoms with Crippen molar-refractivity contribution in [2.75, 3.05) is 29.1 Å². The molecule has 25 heavy (non-hydrogen) atoms. The molecule has 0 unspecified atom stereocenters. The van der Waals surface area contributed by atoms with Crippen molar-refractivity contribution >= 4 is 40.2 Å². The molecule has 3 heterocycles. The molecule has 0 spiro atoms. The van der Waals surface area contributed by atoms with Gasteiger partial charge >= 0.3 is 6.09 Å². The molecule has 2 fully saturated rings. The lowest BCUT2D eigenvalue weighted by atomic mass is 10.2. The van der Waals surface area contributed by atoms with Crippen LogP contribution in [0.4, 0.5) is 22.2 Å². The third-order valence-corrected chi connectivity index (χ3v) is 3.97. The quantitative estimate of drug-likeness (QED) is 0.886. The number of carbonyl (C=O) groups excluding carboxylic acids is 2. The van der Waals surface area contributed by atoms with Crippen LogP contribution in [0.1, 0.15) is 26.7 Å². The molecule has 132 valence electrons. The third-order valence-electron chi connectivity index (χ3n) is 3.97. The molecule has 0 bridgehead atoms. The highest BCUT2D eigenvalue weighted by Crippen LogP contribution is 2.31. The van der Waals surface area contributed by atoms with Gasteiger partial charge in [-0.1, -0.05) is 13.8 Å². The number of aromatic nitrogens is 2. The van der Waals surface area contributed by atoms with E-state index in [9.17, 15) is 9.59 Å². The lowest BCUT2D eigenvalue weighted by Gasteiger charge is -2.14. The minimum Gasteiger partial charge on any atom is -0.447 e. The lowest BCUT2D eigenvalue weighted by molar-refractivity contribution is -0.117. The molecule has 1 aliphatic heterocycles. The van der Waals surface area contributed by atoms with Crippen LogP contribution in [0.15, 0.2) is 18.3 Å². The fourth-order valence-corrected chi connectivity index (χ4v) is 2.54. The van der Waals surface area contributed by atoms with Crippen molar-refractivity contribution in [2.45, 2.75) is 26.7 Å². The normalized spacial score (nSPS) is 16.2. The van der Waals surface area contributed by atoms with Gasteiger partial charge in [-0.25, -0.2) is 14.8 Å². The van der Waals surface area contributed by atoms with Crippen LogP contribution >= 0.6 is 0 Å². The Labute approximate surface area is 145 Å². The molecule has 2 aromatic rings. The van der Waals surface area contributed by atoms with E-state index >= 15 is 0 Å². The zero-order valence-electron chi connectivity index (χ0n) is 14.3. The molecule has 0 radical (unpaired) electrons. The van der Waals surface area contributed by atoms with Gasteiger partial charge in [-0.3, -0.25) is 9.69 Å². The summed E-state index contributed by atoms with van der Waals surface area (Å²) < 4.78 is 4.92. The standard InChI is InChI=1S/C15H15N5O3.C2H6/c16-13-10-7-17-11(18-14(21)8-1-2-8)5-9(10)6-12(19-13)20-3-4-23-15(20)22;1-2/h5-8H,1-4H2,(H2,16,19)(H,17,18,21);1-2H3. The Morgan fingerprint density at radius 3 is 2.76 bits per heavy atom. The van der Waals surface area contributed by atoms with E-state index in [-0.39, 0.29) is 17.6 Å². The van der Waals surface area contributed by atoms with Crippen molar-refractivity contribution in [3.8, 4) is 0 Å². The number of amides is 2. The number of pyridine rings is 2. The van der Waals surface area contributed by atoms with Gasteiger partial charge in [0.15, 0.2) is 0 Å². The van der Waals surface area contributed by atoms with E-state index in [2.05, 4.69) is 15.3 Å². The number of nitrogens with zero attached hydrogens (tertiary/aromatic N) is 3. The van der Waals surface area contributed by atoms with Crippen molar-refractivity contribution < 1.29 is 14.3 Å². The second-order valence-corrected chi connectivity index (χ2v) is 5.69. The van der Waals surface area contributed by atoms with Crippen molar-refractivity contribution in [1.29, 1.82) is 0 Å². The molecular weight excluding hydrogens is 322 g/mol. The van der Waals surface area contributed by atoms with Crippen molar-refractivity contribution in [2.24, 2.45) is 5.92 Å². The average molecular weight is 343 g/mol. The van der Waals surface area contributed by atoms with Crippen LogP contribution in [0.2, 0.25) is 0 Å². The predicted molar refractivity (Wildman–Crippen MR) is 95.3 cm³/mol. The van der Waals surface area contributed by atoms with Crippen LogP contribution in [0.5, 0.6) is 0 Å². The molecule has 2 aromatic heterocycles. The first-order valence-electron chi connectivity index (χ1n) is 8.43. The van der Waals surface area contributed by atoms with Crippen LogP contribution in [-0.2, 0) is 9.53 Å². The van der Waals surface area contributed by atoms with Gasteiger partial charge in [-0.2, -0.15) is 0 Å². The first-order valence-corrected chi connectivity index (χ1v) is 8.43. The van der Waals surface area contributed by atoms with Gasteiger partial charge in [-0.05, 0) is 30.4 Å². The number of hydrogen-bond donors (Lipinski definition) is 2. The summed E-state index contributed by atoms with van der Waals surface area (Å²) in [4.78, 5) is 33.4. The number of nitrogens with two attached hydrogens (primary N) is 1. The van der Waals surface area contributed by atoms with Gasteiger partial charge in [0, 0.05) is 17.5 Å². The maximum absolute atomic E-state index is 11.8. The van der Waals surface area contributed by atoms with E-state index in [1.54, 1.807) is 18.3 Å². The summed E-state index contributed by atoms with van der Waals surface area (Å²) in [7, 11) is 0. The minimum atomic E-state index is -0.437. The number of nitrogen functional groups attached to an aromatic ring is 1. The third kappa shape index (κ3) is 3.47. The van der Waals surface area contributed by atoms with Gasteiger partial charge in [0.2, 0.25) is 5.91 Å². The summed E-state index contributed by atoms with van der Waals surface area (Å²) in [6.45, 7) is 4.77. The number of fused-ring (bicyclic) bond motifs is 1. The van der Waals surface area contributed by atoms with E-state index in [1.165, 1.54) is 4.90 Å². The van der Waals surface area contributed by atoms with Crippen LogP contribution in [0, 0.1) is 5.92 Å². The SMILES string of the molecule is CC.Nc1nc(N2CCOC2=O)cc2cc(NC(=O)C3CC3)ncc12. The largest absolute Gasteiger partial charge is 0.447 e. The number of nitrogens with one attached hydrogen (secondary N) is 1. The highest BCUT2D eigenvalue weighted by atomic mass is 16.6. The number of carbonyl (C=O) groups is 2. The van der Waals surface area contributed by atoms with Crippen molar-refractivity contribution in [3.63, 3.8) is 0 Å². The van der Waals surface area contributed by atoms with Gasteiger partial charge in [0.25, 0.3) is 0 Å². The number of anilines is 3. The maximum Gasteiger partial charge on any atom is 0.415 e. The lowest BCUT2D eigenvalue weighted by Crippen LogP contribution is -2.24. The van der Waals surface area contributed by atoms with E-state index in [0.29, 0.717) is 30.2 Å². The topological polar surface area (TPSA) is 110 Å². The first-order chi connectivity index (χ1) is 12.1. The predicted octanol–water partition coefficient (Wildman–Crippen LogP) is 2.54. The zero-order chi connectivity index (χ0) is 18.0. The van der Waals surface area contributed by atoms with Crippen LogP contribution in [-0.4, -0.2) is 35.1 Å². The van der Waals surface area contributed by atoms with Crippen molar-refractivity contribution in [3.05, 3.63) is 18.3 Å². The van der Waals surface area contributed by atoms with Gasteiger partial charge in [0.05, 0.1) is 6.54 Å². The summed E-state index contributed by atoms with van der Waals surface area (Å²) in [5.74, 6) is 1.27. The molecule has 1 saturated heterocycles. The molecular formula is C17H21N5O3. The molecule has 8 heteroatoms.